The Labute approximate surface area is 101 Å². The highest BCUT2D eigenvalue weighted by Gasteiger charge is 2.14. The van der Waals surface area contributed by atoms with Crippen molar-refractivity contribution in [3.63, 3.8) is 0 Å². The molecule has 0 unspecified atom stereocenters. The number of carbonyl (C=O) groups excluding carboxylic acids is 1. The zero-order valence-electron chi connectivity index (χ0n) is 10.6. The number of amides is 1. The Kier molecular flexibility index (Phi) is 4.68. The summed E-state index contributed by atoms with van der Waals surface area (Å²) < 4.78 is 0. The maximum atomic E-state index is 11.7. The van der Waals surface area contributed by atoms with Crippen LogP contribution in [0.3, 0.4) is 0 Å². The summed E-state index contributed by atoms with van der Waals surface area (Å²) in [6.45, 7) is 3.03. The zero-order valence-corrected chi connectivity index (χ0v) is 10.6. The van der Waals surface area contributed by atoms with Gasteiger partial charge in [0.15, 0.2) is 0 Å². The molecule has 0 spiro atoms. The van der Waals surface area contributed by atoms with Crippen molar-refractivity contribution in [2.45, 2.75) is 13.3 Å². The number of aromatic nitrogens is 2. The largest absolute Gasteiger partial charge is 0.384 e. The summed E-state index contributed by atoms with van der Waals surface area (Å²) >= 11 is 0. The minimum atomic E-state index is 0.0180. The van der Waals surface area contributed by atoms with E-state index in [4.69, 9.17) is 5.73 Å². The van der Waals surface area contributed by atoms with Crippen molar-refractivity contribution < 1.29 is 4.79 Å². The van der Waals surface area contributed by atoms with Crippen LogP contribution >= 0.6 is 0 Å². The van der Waals surface area contributed by atoms with Crippen LogP contribution in [0.2, 0.25) is 0 Å². The fourth-order valence-electron chi connectivity index (χ4n) is 1.34. The molecule has 0 aliphatic heterocycles. The summed E-state index contributed by atoms with van der Waals surface area (Å²) in [6.07, 6.45) is 2.51. The summed E-state index contributed by atoms with van der Waals surface area (Å²) in [4.78, 5) is 23.3. The molecule has 0 radical (unpaired) electrons. The van der Waals surface area contributed by atoms with Crippen LogP contribution in [0.25, 0.3) is 0 Å². The molecule has 0 saturated heterocycles. The van der Waals surface area contributed by atoms with E-state index in [0.717, 1.165) is 13.0 Å². The monoisotopic (exact) mass is 237 g/mol. The van der Waals surface area contributed by atoms with Crippen LogP contribution in [-0.2, 0) is 4.79 Å². The number of likely N-dealkylation sites (N-methyl/N-ethyl adjacent to an activating group) is 1. The van der Waals surface area contributed by atoms with E-state index in [0.29, 0.717) is 11.8 Å². The lowest BCUT2D eigenvalue weighted by Gasteiger charge is -2.23. The molecule has 0 saturated carbocycles. The van der Waals surface area contributed by atoms with Crippen LogP contribution in [-0.4, -0.2) is 48.0 Å². The third-order valence-corrected chi connectivity index (χ3v) is 2.27. The summed E-state index contributed by atoms with van der Waals surface area (Å²) in [6, 6.07) is 1.63. The molecule has 0 bridgehead atoms. The molecule has 1 rings (SSSR count). The molecule has 2 N–H and O–H groups in total. The van der Waals surface area contributed by atoms with Crippen molar-refractivity contribution >= 4 is 17.7 Å². The Morgan fingerprint density at radius 1 is 1.47 bits per heavy atom. The van der Waals surface area contributed by atoms with Crippen molar-refractivity contribution in [1.82, 2.24) is 14.9 Å². The van der Waals surface area contributed by atoms with Gasteiger partial charge >= 0.3 is 0 Å². The molecule has 0 aliphatic carbocycles. The zero-order chi connectivity index (χ0) is 12.8. The van der Waals surface area contributed by atoms with Crippen LogP contribution in [0.15, 0.2) is 12.3 Å². The topological polar surface area (TPSA) is 75.4 Å². The molecule has 17 heavy (non-hydrogen) atoms. The van der Waals surface area contributed by atoms with Crippen molar-refractivity contribution in [2.75, 3.05) is 37.8 Å². The number of nitrogens with two attached hydrogens (primary N) is 1. The Bertz CT molecular complexity index is 380. The lowest BCUT2D eigenvalue weighted by Crippen LogP contribution is -2.38. The molecule has 0 aliphatic rings. The van der Waals surface area contributed by atoms with Gasteiger partial charge in [-0.1, -0.05) is 6.92 Å². The van der Waals surface area contributed by atoms with Crippen LogP contribution < -0.4 is 10.6 Å². The van der Waals surface area contributed by atoms with Gasteiger partial charge in [-0.3, -0.25) is 4.79 Å². The summed E-state index contributed by atoms with van der Waals surface area (Å²) in [7, 11) is 3.46. The van der Waals surface area contributed by atoms with Crippen molar-refractivity contribution in [1.29, 1.82) is 0 Å². The second-order valence-corrected chi connectivity index (χ2v) is 3.99. The average Bonchev–Trinajstić information content (AvgIpc) is 2.28. The number of carbonyl (C=O) groups is 1. The number of anilines is 2. The maximum absolute atomic E-state index is 11.7. The summed E-state index contributed by atoms with van der Waals surface area (Å²) in [5.74, 6) is 0.930. The van der Waals surface area contributed by atoms with Gasteiger partial charge in [0.25, 0.3) is 0 Å². The van der Waals surface area contributed by atoms with E-state index in [1.165, 1.54) is 0 Å². The predicted molar refractivity (Wildman–Crippen MR) is 67.6 cm³/mol. The standard InChI is InChI=1S/C11H19N5O/c1-4-7-16(8-10(17)15(2)3)11-13-6-5-9(12)14-11/h5-6H,4,7-8H2,1-3H3,(H2,12,13,14). The third-order valence-electron chi connectivity index (χ3n) is 2.27. The second-order valence-electron chi connectivity index (χ2n) is 3.99. The average molecular weight is 237 g/mol. The van der Waals surface area contributed by atoms with Gasteiger partial charge < -0.3 is 15.5 Å². The van der Waals surface area contributed by atoms with Gasteiger partial charge in [-0.05, 0) is 12.5 Å². The van der Waals surface area contributed by atoms with Gasteiger partial charge in [0.2, 0.25) is 11.9 Å². The number of rotatable bonds is 5. The maximum Gasteiger partial charge on any atom is 0.241 e. The highest BCUT2D eigenvalue weighted by atomic mass is 16.2. The normalized spacial score (nSPS) is 10.1. The highest BCUT2D eigenvalue weighted by molar-refractivity contribution is 5.80. The van der Waals surface area contributed by atoms with Crippen molar-refractivity contribution in [3.05, 3.63) is 12.3 Å². The summed E-state index contributed by atoms with van der Waals surface area (Å²) in [5, 5.41) is 0. The quantitative estimate of drug-likeness (QED) is 0.800. The lowest BCUT2D eigenvalue weighted by molar-refractivity contribution is -0.127. The second kappa shape index (κ2) is 6.03. The minimum absolute atomic E-state index is 0.0180. The first-order valence-corrected chi connectivity index (χ1v) is 5.58. The molecule has 1 aromatic heterocycles. The molecule has 94 valence electrons. The van der Waals surface area contributed by atoms with E-state index in [9.17, 15) is 4.79 Å². The molecule has 1 amide bonds. The first kappa shape index (κ1) is 13.2. The van der Waals surface area contributed by atoms with E-state index in [1.54, 1.807) is 31.3 Å². The SMILES string of the molecule is CCCN(CC(=O)N(C)C)c1nccc(N)n1. The van der Waals surface area contributed by atoms with Gasteiger partial charge in [0.1, 0.15) is 5.82 Å². The molecule has 1 heterocycles. The van der Waals surface area contributed by atoms with E-state index in [-0.39, 0.29) is 12.5 Å². The van der Waals surface area contributed by atoms with E-state index >= 15 is 0 Å². The lowest BCUT2D eigenvalue weighted by atomic mass is 10.4. The first-order chi connectivity index (χ1) is 8.04. The van der Waals surface area contributed by atoms with Crippen LogP contribution in [0.1, 0.15) is 13.3 Å². The van der Waals surface area contributed by atoms with Gasteiger partial charge in [-0.2, -0.15) is 4.98 Å². The number of hydrogen-bond donors (Lipinski definition) is 1. The highest BCUT2D eigenvalue weighted by Crippen LogP contribution is 2.09. The van der Waals surface area contributed by atoms with Crippen molar-refractivity contribution in [3.8, 4) is 0 Å². The Morgan fingerprint density at radius 2 is 2.18 bits per heavy atom. The van der Waals surface area contributed by atoms with E-state index in [2.05, 4.69) is 9.97 Å². The van der Waals surface area contributed by atoms with Crippen molar-refractivity contribution in [2.24, 2.45) is 0 Å². The summed E-state index contributed by atoms with van der Waals surface area (Å²) in [5.41, 5.74) is 5.61. The number of nitrogens with zero attached hydrogens (tertiary/aromatic N) is 4. The van der Waals surface area contributed by atoms with Crippen LogP contribution in [0, 0.1) is 0 Å². The molecule has 6 nitrogen and oxygen atoms in total. The molecule has 0 aromatic carbocycles. The number of nitrogen functional groups attached to an aromatic ring is 1. The Balaban J connectivity index is 2.82. The molecular weight excluding hydrogens is 218 g/mol. The van der Waals surface area contributed by atoms with E-state index < -0.39 is 0 Å². The molecule has 0 atom stereocenters. The van der Waals surface area contributed by atoms with Crippen LogP contribution in [0.4, 0.5) is 11.8 Å². The third kappa shape index (κ3) is 3.90. The predicted octanol–water partition coefficient (Wildman–Crippen LogP) is 0.363. The Morgan fingerprint density at radius 3 is 2.71 bits per heavy atom. The van der Waals surface area contributed by atoms with Gasteiger partial charge in [0.05, 0.1) is 6.54 Å². The van der Waals surface area contributed by atoms with Gasteiger partial charge in [-0.15, -0.1) is 0 Å². The fraction of sp³-hybridized carbons (Fsp3) is 0.545. The van der Waals surface area contributed by atoms with Gasteiger partial charge in [0, 0.05) is 26.8 Å². The fourth-order valence-corrected chi connectivity index (χ4v) is 1.34. The Hall–Kier alpha value is -1.85. The number of hydrogen-bond acceptors (Lipinski definition) is 5. The molecular formula is C11H19N5O. The van der Waals surface area contributed by atoms with E-state index in [1.807, 2.05) is 11.8 Å². The van der Waals surface area contributed by atoms with Gasteiger partial charge in [-0.25, -0.2) is 4.98 Å². The first-order valence-electron chi connectivity index (χ1n) is 5.58. The minimum Gasteiger partial charge on any atom is -0.384 e. The molecule has 0 fully saturated rings. The van der Waals surface area contributed by atoms with Crippen LogP contribution in [0.5, 0.6) is 0 Å². The smallest absolute Gasteiger partial charge is 0.241 e. The molecule has 6 heteroatoms. The molecule has 1 aromatic rings.